The summed E-state index contributed by atoms with van der Waals surface area (Å²) >= 11 is 0. The van der Waals surface area contributed by atoms with E-state index < -0.39 is 0 Å². The zero-order valence-electron chi connectivity index (χ0n) is 15.8. The molecule has 2 aliphatic heterocycles. The van der Waals surface area contributed by atoms with Crippen LogP contribution in [0.15, 0.2) is 29.1 Å². The van der Waals surface area contributed by atoms with Crippen LogP contribution in [0.2, 0.25) is 0 Å². The van der Waals surface area contributed by atoms with Crippen LogP contribution in [-0.2, 0) is 16.0 Å². The number of aromatic nitrogens is 2. The molecule has 4 rings (SSSR count). The third-order valence-corrected chi connectivity index (χ3v) is 5.56. The Balaban J connectivity index is 1.35. The van der Waals surface area contributed by atoms with Crippen LogP contribution in [0.25, 0.3) is 0 Å². The van der Waals surface area contributed by atoms with Crippen LogP contribution in [0.5, 0.6) is 0 Å². The molecule has 146 valence electrons. The molecule has 0 spiro atoms. The lowest BCUT2D eigenvalue weighted by Gasteiger charge is -2.35. The van der Waals surface area contributed by atoms with Gasteiger partial charge in [-0.1, -0.05) is 0 Å². The minimum absolute atomic E-state index is 0.0921. The van der Waals surface area contributed by atoms with Gasteiger partial charge >= 0.3 is 0 Å². The first kappa shape index (κ1) is 18.3. The van der Waals surface area contributed by atoms with Gasteiger partial charge in [-0.25, -0.2) is 4.98 Å². The molecule has 7 heteroatoms. The first-order valence-corrected chi connectivity index (χ1v) is 9.73. The average molecular weight is 373 g/mol. The van der Waals surface area contributed by atoms with Crippen molar-refractivity contribution < 1.29 is 18.7 Å². The topological polar surface area (TPSA) is 69.7 Å². The van der Waals surface area contributed by atoms with Gasteiger partial charge in [0.2, 0.25) is 5.76 Å². The third kappa shape index (κ3) is 4.09. The number of rotatable bonds is 6. The van der Waals surface area contributed by atoms with Gasteiger partial charge in [-0.3, -0.25) is 4.79 Å². The number of oxazole rings is 1. The summed E-state index contributed by atoms with van der Waals surface area (Å²) in [5.41, 5.74) is 1.78. The maximum Gasteiger partial charge on any atom is 0.291 e. The van der Waals surface area contributed by atoms with Gasteiger partial charge in [0.15, 0.2) is 6.39 Å². The monoisotopic (exact) mass is 373 g/mol. The molecule has 2 aromatic heterocycles. The summed E-state index contributed by atoms with van der Waals surface area (Å²) < 4.78 is 18.9. The molecule has 1 atom stereocenters. The van der Waals surface area contributed by atoms with Crippen LogP contribution in [0.4, 0.5) is 0 Å². The lowest BCUT2D eigenvalue weighted by Crippen LogP contribution is -2.41. The van der Waals surface area contributed by atoms with E-state index in [0.717, 1.165) is 44.8 Å². The lowest BCUT2D eigenvalue weighted by atomic mass is 10.0. The summed E-state index contributed by atoms with van der Waals surface area (Å²) in [6.45, 7) is 6.23. The van der Waals surface area contributed by atoms with Crippen molar-refractivity contribution in [2.75, 3.05) is 33.0 Å². The second kappa shape index (κ2) is 8.27. The van der Waals surface area contributed by atoms with Gasteiger partial charge in [0.25, 0.3) is 5.91 Å². The van der Waals surface area contributed by atoms with E-state index in [1.807, 2.05) is 11.0 Å². The molecular weight excluding hydrogens is 346 g/mol. The van der Waals surface area contributed by atoms with Crippen LogP contribution in [0.3, 0.4) is 0 Å². The highest BCUT2D eigenvalue weighted by Crippen LogP contribution is 2.26. The first-order chi connectivity index (χ1) is 13.2. The van der Waals surface area contributed by atoms with Crippen molar-refractivity contribution in [3.05, 3.63) is 41.9 Å². The fourth-order valence-electron chi connectivity index (χ4n) is 3.94. The molecule has 1 amide bonds. The van der Waals surface area contributed by atoms with Gasteiger partial charge in [0.05, 0.1) is 18.3 Å². The van der Waals surface area contributed by atoms with Crippen molar-refractivity contribution in [3.8, 4) is 0 Å². The standard InChI is InChI=1S/C20H27N3O4/c1-15-19(27-14-21-15)20(24)22-11-17-3-2-7-23(17)18(12-22)6-10-26-13-16-4-8-25-9-5-16/h2-3,7,14,16,18H,4-6,8-13H2,1H3/t18-/m0/s1. The largest absolute Gasteiger partial charge is 0.438 e. The Morgan fingerprint density at radius 3 is 3.00 bits per heavy atom. The fraction of sp³-hybridized carbons (Fsp3) is 0.600. The van der Waals surface area contributed by atoms with Crippen LogP contribution in [-0.4, -0.2) is 53.3 Å². The number of carbonyl (C=O) groups is 1. The van der Waals surface area contributed by atoms with Gasteiger partial charge in [0, 0.05) is 44.9 Å². The minimum atomic E-state index is -0.0921. The predicted molar refractivity (Wildman–Crippen MR) is 98.4 cm³/mol. The zero-order chi connectivity index (χ0) is 18.6. The zero-order valence-corrected chi connectivity index (χ0v) is 15.8. The second-order valence-electron chi connectivity index (χ2n) is 7.43. The molecule has 0 radical (unpaired) electrons. The van der Waals surface area contributed by atoms with Crippen molar-refractivity contribution in [1.82, 2.24) is 14.5 Å². The van der Waals surface area contributed by atoms with E-state index >= 15 is 0 Å². The van der Waals surface area contributed by atoms with E-state index in [1.54, 1.807) is 6.92 Å². The van der Waals surface area contributed by atoms with E-state index in [4.69, 9.17) is 13.9 Å². The van der Waals surface area contributed by atoms with Gasteiger partial charge in [0.1, 0.15) is 0 Å². The Bertz CT molecular complexity index is 763. The van der Waals surface area contributed by atoms with Gasteiger partial charge in [-0.2, -0.15) is 0 Å². The van der Waals surface area contributed by atoms with Crippen LogP contribution in [0, 0.1) is 12.8 Å². The Morgan fingerprint density at radius 1 is 1.37 bits per heavy atom. The molecule has 0 aromatic carbocycles. The molecule has 1 saturated heterocycles. The van der Waals surface area contributed by atoms with Crippen LogP contribution in [0.1, 0.15) is 47.2 Å². The van der Waals surface area contributed by atoms with Crippen molar-refractivity contribution in [2.24, 2.45) is 5.92 Å². The number of nitrogens with zero attached hydrogens (tertiary/aromatic N) is 3. The maximum atomic E-state index is 12.8. The summed E-state index contributed by atoms with van der Waals surface area (Å²) in [7, 11) is 0. The van der Waals surface area contributed by atoms with Crippen molar-refractivity contribution in [2.45, 2.75) is 38.8 Å². The van der Waals surface area contributed by atoms with Crippen LogP contribution >= 0.6 is 0 Å². The minimum Gasteiger partial charge on any atom is -0.438 e. The summed E-state index contributed by atoms with van der Waals surface area (Å²) in [6, 6.07) is 4.33. The summed E-state index contributed by atoms with van der Waals surface area (Å²) in [4.78, 5) is 18.7. The quantitative estimate of drug-likeness (QED) is 0.728. The highest BCUT2D eigenvalue weighted by atomic mass is 16.5. The van der Waals surface area contributed by atoms with Crippen molar-refractivity contribution in [3.63, 3.8) is 0 Å². The summed E-state index contributed by atoms with van der Waals surface area (Å²) in [5.74, 6) is 0.856. The Hall–Kier alpha value is -2.12. The summed E-state index contributed by atoms with van der Waals surface area (Å²) in [6.07, 6.45) is 6.48. The third-order valence-electron chi connectivity index (χ3n) is 5.56. The molecule has 0 unspecified atom stereocenters. The molecule has 7 nitrogen and oxygen atoms in total. The highest BCUT2D eigenvalue weighted by Gasteiger charge is 2.30. The van der Waals surface area contributed by atoms with Crippen molar-refractivity contribution >= 4 is 5.91 Å². The Labute approximate surface area is 159 Å². The van der Waals surface area contributed by atoms with Crippen LogP contribution < -0.4 is 0 Å². The van der Waals surface area contributed by atoms with Gasteiger partial charge in [-0.05, 0) is 44.2 Å². The smallest absolute Gasteiger partial charge is 0.291 e. The molecular formula is C20H27N3O4. The van der Waals surface area contributed by atoms with E-state index in [9.17, 15) is 4.79 Å². The number of hydrogen-bond donors (Lipinski definition) is 0. The molecule has 1 fully saturated rings. The molecule has 2 aromatic rings. The molecule has 0 N–H and O–H groups in total. The number of ether oxygens (including phenoxy) is 2. The molecule has 27 heavy (non-hydrogen) atoms. The number of aryl methyl sites for hydroxylation is 1. The Morgan fingerprint density at radius 2 is 2.22 bits per heavy atom. The maximum absolute atomic E-state index is 12.8. The molecule has 4 heterocycles. The number of amides is 1. The highest BCUT2D eigenvalue weighted by molar-refractivity contribution is 5.92. The average Bonchev–Trinajstić information content (AvgIpc) is 3.34. The van der Waals surface area contributed by atoms with Crippen molar-refractivity contribution in [1.29, 1.82) is 0 Å². The molecule has 0 bridgehead atoms. The normalized spacial score (nSPS) is 20.6. The van der Waals surface area contributed by atoms with E-state index in [0.29, 0.717) is 37.1 Å². The molecule has 2 aliphatic rings. The lowest BCUT2D eigenvalue weighted by molar-refractivity contribution is 0.0160. The van der Waals surface area contributed by atoms with Gasteiger partial charge < -0.3 is 23.4 Å². The van der Waals surface area contributed by atoms with E-state index in [1.165, 1.54) is 6.39 Å². The number of carbonyl (C=O) groups excluding carboxylic acids is 1. The Kier molecular flexibility index (Phi) is 5.59. The van der Waals surface area contributed by atoms with E-state index in [2.05, 4.69) is 21.8 Å². The molecule has 0 saturated carbocycles. The first-order valence-electron chi connectivity index (χ1n) is 9.73. The van der Waals surface area contributed by atoms with E-state index in [-0.39, 0.29) is 11.9 Å². The number of hydrogen-bond acceptors (Lipinski definition) is 5. The summed E-state index contributed by atoms with van der Waals surface area (Å²) in [5, 5.41) is 0. The number of fused-ring (bicyclic) bond motifs is 1. The van der Waals surface area contributed by atoms with Gasteiger partial charge in [-0.15, -0.1) is 0 Å². The molecule has 0 aliphatic carbocycles. The second-order valence-corrected chi connectivity index (χ2v) is 7.43. The SMILES string of the molecule is Cc1ncoc1C(=O)N1Cc2cccn2[C@@H](CCOCC2CCOCC2)C1. The fourth-order valence-corrected chi connectivity index (χ4v) is 3.94. The predicted octanol–water partition coefficient (Wildman–Crippen LogP) is 2.81.